The average Bonchev–Trinajstić information content (AvgIpc) is 2.48. The highest BCUT2D eigenvalue weighted by Gasteiger charge is 2.15. The van der Waals surface area contributed by atoms with E-state index in [0.717, 1.165) is 0 Å². The van der Waals surface area contributed by atoms with Crippen LogP contribution in [0.5, 0.6) is 23.0 Å². The Balaban J connectivity index is 2.49. The summed E-state index contributed by atoms with van der Waals surface area (Å²) in [6, 6.07) is 5.51. The van der Waals surface area contributed by atoms with Crippen LogP contribution in [-0.2, 0) is 0 Å². The minimum atomic E-state index is -0.348. The summed E-state index contributed by atoms with van der Waals surface area (Å²) < 4.78 is 15.5. The molecule has 0 unspecified atom stereocenters. The molecule has 0 amide bonds. The van der Waals surface area contributed by atoms with Crippen LogP contribution in [0.4, 0.5) is 0 Å². The highest BCUT2D eigenvalue weighted by Crippen LogP contribution is 2.34. The third-order valence-corrected chi connectivity index (χ3v) is 3.26. The van der Waals surface area contributed by atoms with Crippen LogP contribution in [-0.4, -0.2) is 24.4 Å². The van der Waals surface area contributed by atoms with Crippen LogP contribution in [0.1, 0.15) is 0 Å². The van der Waals surface area contributed by atoms with E-state index in [-0.39, 0.29) is 44.6 Å². The van der Waals surface area contributed by atoms with E-state index < -0.39 is 0 Å². The summed E-state index contributed by atoms with van der Waals surface area (Å²) >= 11 is 0. The standard InChI is InChI=1S/C15H12O6/c1-19-7-3-9-14(18)8-5-13(20-2)10(16)6-12(8)21-15(9)11(17)4-7/h3-6,16-17H,1-2H3. The highest BCUT2D eigenvalue weighted by atomic mass is 16.5. The van der Waals surface area contributed by atoms with Crippen LogP contribution >= 0.6 is 0 Å². The number of rotatable bonds is 2. The molecule has 3 rings (SSSR count). The molecule has 1 heterocycles. The third-order valence-electron chi connectivity index (χ3n) is 3.26. The Hall–Kier alpha value is -2.89. The number of hydrogen-bond donors (Lipinski definition) is 2. The number of hydrogen-bond acceptors (Lipinski definition) is 6. The number of benzene rings is 2. The first-order chi connectivity index (χ1) is 10.0. The van der Waals surface area contributed by atoms with Gasteiger partial charge in [-0.25, -0.2) is 0 Å². The third kappa shape index (κ3) is 1.92. The molecule has 0 atom stereocenters. The average molecular weight is 288 g/mol. The zero-order valence-corrected chi connectivity index (χ0v) is 11.3. The number of phenolic OH excluding ortho intramolecular Hbond substituents is 2. The van der Waals surface area contributed by atoms with Gasteiger partial charge in [0, 0.05) is 12.1 Å². The minimum absolute atomic E-state index is 0.0397. The van der Waals surface area contributed by atoms with Crippen LogP contribution in [0, 0.1) is 0 Å². The lowest BCUT2D eigenvalue weighted by Crippen LogP contribution is -2.03. The summed E-state index contributed by atoms with van der Waals surface area (Å²) in [6.45, 7) is 0. The van der Waals surface area contributed by atoms with Gasteiger partial charge in [-0.15, -0.1) is 0 Å². The topological polar surface area (TPSA) is 89.1 Å². The molecular weight excluding hydrogens is 276 g/mol. The van der Waals surface area contributed by atoms with Gasteiger partial charge in [0.05, 0.1) is 25.0 Å². The van der Waals surface area contributed by atoms with Gasteiger partial charge in [0.2, 0.25) is 5.43 Å². The summed E-state index contributed by atoms with van der Waals surface area (Å²) in [7, 11) is 2.82. The summed E-state index contributed by atoms with van der Waals surface area (Å²) in [5.41, 5.74) is -0.150. The molecule has 0 radical (unpaired) electrons. The number of methoxy groups -OCH3 is 2. The van der Waals surface area contributed by atoms with Crippen LogP contribution in [0.15, 0.2) is 33.5 Å². The summed E-state index contributed by atoms with van der Waals surface area (Å²) in [6.07, 6.45) is 0. The van der Waals surface area contributed by atoms with Crippen molar-refractivity contribution in [2.24, 2.45) is 0 Å². The molecule has 6 nitrogen and oxygen atoms in total. The predicted octanol–water partition coefficient (Wildman–Crippen LogP) is 2.37. The second kappa shape index (κ2) is 4.59. The maximum Gasteiger partial charge on any atom is 0.200 e. The van der Waals surface area contributed by atoms with Crippen molar-refractivity contribution >= 4 is 21.9 Å². The Labute approximate surface area is 118 Å². The highest BCUT2D eigenvalue weighted by molar-refractivity contribution is 5.94. The molecule has 0 aliphatic heterocycles. The van der Waals surface area contributed by atoms with Crippen molar-refractivity contribution in [3.05, 3.63) is 34.5 Å². The van der Waals surface area contributed by atoms with Crippen LogP contribution in [0.3, 0.4) is 0 Å². The minimum Gasteiger partial charge on any atom is -0.504 e. The lowest BCUT2D eigenvalue weighted by Gasteiger charge is -2.08. The van der Waals surface area contributed by atoms with Crippen molar-refractivity contribution < 1.29 is 24.1 Å². The van der Waals surface area contributed by atoms with E-state index in [1.54, 1.807) is 0 Å². The Morgan fingerprint density at radius 2 is 1.71 bits per heavy atom. The molecular formula is C15H12O6. The Morgan fingerprint density at radius 1 is 0.952 bits per heavy atom. The predicted molar refractivity (Wildman–Crippen MR) is 76.4 cm³/mol. The lowest BCUT2D eigenvalue weighted by molar-refractivity contribution is 0.373. The van der Waals surface area contributed by atoms with E-state index in [2.05, 4.69) is 0 Å². The maximum atomic E-state index is 12.5. The Kier molecular flexibility index (Phi) is 2.86. The molecule has 0 saturated heterocycles. The van der Waals surface area contributed by atoms with Gasteiger partial charge in [0.25, 0.3) is 0 Å². The van der Waals surface area contributed by atoms with E-state index in [1.807, 2.05) is 0 Å². The summed E-state index contributed by atoms with van der Waals surface area (Å²) in [4.78, 5) is 12.5. The van der Waals surface area contributed by atoms with Crippen molar-refractivity contribution in [2.45, 2.75) is 0 Å². The van der Waals surface area contributed by atoms with Gasteiger partial charge < -0.3 is 24.1 Å². The quantitative estimate of drug-likeness (QED) is 0.704. The van der Waals surface area contributed by atoms with Gasteiger partial charge in [0.1, 0.15) is 11.3 Å². The number of fused-ring (bicyclic) bond motifs is 2. The second-order valence-corrected chi connectivity index (χ2v) is 4.47. The largest absolute Gasteiger partial charge is 0.504 e. The molecule has 2 N–H and O–H groups in total. The van der Waals surface area contributed by atoms with Gasteiger partial charge >= 0.3 is 0 Å². The van der Waals surface area contributed by atoms with E-state index in [4.69, 9.17) is 13.9 Å². The lowest BCUT2D eigenvalue weighted by atomic mass is 10.1. The molecule has 0 aliphatic carbocycles. The van der Waals surface area contributed by atoms with Crippen LogP contribution in [0.2, 0.25) is 0 Å². The van der Waals surface area contributed by atoms with E-state index in [0.29, 0.717) is 5.75 Å². The molecule has 2 aromatic carbocycles. The van der Waals surface area contributed by atoms with Crippen molar-refractivity contribution in [3.63, 3.8) is 0 Å². The molecule has 0 fully saturated rings. The van der Waals surface area contributed by atoms with Gasteiger partial charge in [-0.2, -0.15) is 0 Å². The van der Waals surface area contributed by atoms with Gasteiger partial charge in [0.15, 0.2) is 22.8 Å². The molecule has 1 aromatic heterocycles. The fourth-order valence-corrected chi connectivity index (χ4v) is 2.21. The zero-order valence-electron chi connectivity index (χ0n) is 11.3. The first kappa shape index (κ1) is 13.1. The second-order valence-electron chi connectivity index (χ2n) is 4.47. The fraction of sp³-hybridized carbons (Fsp3) is 0.133. The van der Waals surface area contributed by atoms with Crippen molar-refractivity contribution in [3.8, 4) is 23.0 Å². The molecule has 0 aliphatic rings. The number of aromatic hydroxyl groups is 2. The molecule has 108 valence electrons. The molecule has 0 saturated carbocycles. The van der Waals surface area contributed by atoms with Gasteiger partial charge in [-0.05, 0) is 12.1 Å². The summed E-state index contributed by atoms with van der Waals surface area (Å²) in [5, 5.41) is 20.1. The van der Waals surface area contributed by atoms with Crippen molar-refractivity contribution in [2.75, 3.05) is 14.2 Å². The Bertz CT molecular complexity index is 910. The number of phenols is 2. The zero-order chi connectivity index (χ0) is 15.1. The van der Waals surface area contributed by atoms with Gasteiger partial charge in [-0.1, -0.05) is 0 Å². The molecule has 0 spiro atoms. The van der Waals surface area contributed by atoms with Crippen LogP contribution < -0.4 is 14.9 Å². The smallest absolute Gasteiger partial charge is 0.200 e. The molecule has 21 heavy (non-hydrogen) atoms. The molecule has 0 bridgehead atoms. The fourth-order valence-electron chi connectivity index (χ4n) is 2.21. The van der Waals surface area contributed by atoms with Crippen LogP contribution in [0.25, 0.3) is 21.9 Å². The van der Waals surface area contributed by atoms with E-state index in [9.17, 15) is 15.0 Å². The first-order valence-corrected chi connectivity index (χ1v) is 6.09. The van der Waals surface area contributed by atoms with E-state index in [1.165, 1.54) is 38.5 Å². The van der Waals surface area contributed by atoms with Crippen molar-refractivity contribution in [1.82, 2.24) is 0 Å². The normalized spacial score (nSPS) is 11.0. The van der Waals surface area contributed by atoms with E-state index >= 15 is 0 Å². The summed E-state index contributed by atoms with van der Waals surface area (Å²) in [5.74, 6) is 0.151. The molecule has 3 aromatic rings. The number of ether oxygens (including phenoxy) is 2. The van der Waals surface area contributed by atoms with Crippen molar-refractivity contribution in [1.29, 1.82) is 0 Å². The molecule has 6 heteroatoms. The van der Waals surface area contributed by atoms with Gasteiger partial charge in [-0.3, -0.25) is 4.79 Å². The first-order valence-electron chi connectivity index (χ1n) is 6.09. The Morgan fingerprint density at radius 3 is 2.38 bits per heavy atom. The SMILES string of the molecule is COc1cc(O)c2oc3cc(O)c(OC)cc3c(=O)c2c1. The monoisotopic (exact) mass is 288 g/mol. The maximum absolute atomic E-state index is 12.5.